The molecule has 0 saturated heterocycles. The van der Waals surface area contributed by atoms with Crippen LogP contribution in [0.1, 0.15) is 0 Å². The van der Waals surface area contributed by atoms with E-state index in [2.05, 4.69) is 146 Å². The molecule has 0 aliphatic carbocycles. The van der Waals surface area contributed by atoms with Crippen LogP contribution in [0.25, 0.3) is 22.5 Å². The second-order valence-electron chi connectivity index (χ2n) is 10.9. The smallest absolute Gasteiger partial charge is 0.0892 e. The number of hydrogen-bond acceptors (Lipinski definition) is 4. The lowest BCUT2D eigenvalue weighted by atomic mass is 10.1. The molecule has 0 unspecified atom stereocenters. The van der Waals surface area contributed by atoms with Gasteiger partial charge in [-0.25, -0.2) is 0 Å². The summed E-state index contributed by atoms with van der Waals surface area (Å²) in [7, 11) is 0. The summed E-state index contributed by atoms with van der Waals surface area (Å²) in [5.74, 6) is 0. The van der Waals surface area contributed by atoms with Crippen molar-refractivity contribution in [2.75, 3.05) is 0 Å². The van der Waals surface area contributed by atoms with E-state index < -0.39 is 12.1 Å². The molecule has 0 saturated carbocycles. The first-order chi connectivity index (χ1) is 22.6. The van der Waals surface area contributed by atoms with Crippen LogP contribution in [-0.2, 0) is 23.6 Å². The molecule has 0 bridgehead atoms. The van der Waals surface area contributed by atoms with E-state index in [1.54, 1.807) is 0 Å². The van der Waals surface area contributed by atoms with E-state index in [0.717, 1.165) is 54.3 Å². The maximum Gasteiger partial charge on any atom is 0.0892 e. The number of rotatable bonds is 8. The van der Waals surface area contributed by atoms with E-state index >= 15 is 0 Å². The van der Waals surface area contributed by atoms with E-state index in [4.69, 9.17) is 33.6 Å². The van der Waals surface area contributed by atoms with Crippen molar-refractivity contribution >= 4 is 67.5 Å². The van der Waals surface area contributed by atoms with Gasteiger partial charge in [-0.1, -0.05) is 193 Å². The molecule has 0 fully saturated rings. The van der Waals surface area contributed by atoms with Crippen molar-refractivity contribution in [2.24, 2.45) is 0 Å². The minimum atomic E-state index is -2.39. The minimum Gasteiger partial charge on any atom is -0.252 e. The molecule has 6 aromatic carbocycles. The van der Waals surface area contributed by atoms with Crippen LogP contribution >= 0.6 is 12.1 Å². The normalized spacial score (nSPS) is 11.7. The molecule has 1 heterocycles. The summed E-state index contributed by atoms with van der Waals surface area (Å²) in [6.07, 6.45) is 3.77. The number of benzene rings is 6. The van der Waals surface area contributed by atoms with Gasteiger partial charge in [-0.2, -0.15) is 0 Å². The van der Waals surface area contributed by atoms with E-state index in [1.807, 2.05) is 36.7 Å². The summed E-state index contributed by atoms with van der Waals surface area (Å²) in [5, 5.41) is 6.80. The Bertz CT molecular complexity index is 1940. The average Bonchev–Trinajstić information content (AvgIpc) is 3.15. The molecule has 0 atom stereocenters. The van der Waals surface area contributed by atoms with Crippen LogP contribution < -0.4 is 31.8 Å². The molecule has 0 aliphatic heterocycles. The lowest BCUT2D eigenvalue weighted by Crippen LogP contribution is -2.26. The molecular weight excluding hydrogens is 635 g/mol. The average molecular weight is 665 g/mol. The molecule has 0 aliphatic rings. The van der Waals surface area contributed by atoms with Gasteiger partial charge in [0.2, 0.25) is 0 Å². The molecule has 0 radical (unpaired) electrons. The van der Waals surface area contributed by atoms with E-state index in [9.17, 15) is 0 Å². The highest BCUT2D eigenvalue weighted by Crippen LogP contribution is 2.46. The topological polar surface area (TPSA) is 25.8 Å². The van der Waals surface area contributed by atoms with Gasteiger partial charge in [0.25, 0.3) is 0 Å². The summed E-state index contributed by atoms with van der Waals surface area (Å²) < 4.78 is 0. The van der Waals surface area contributed by atoms with Crippen LogP contribution in [0.15, 0.2) is 182 Å². The van der Waals surface area contributed by atoms with Crippen molar-refractivity contribution in [3.05, 3.63) is 182 Å². The van der Waals surface area contributed by atoms with Crippen molar-refractivity contribution in [1.82, 2.24) is 9.97 Å². The largest absolute Gasteiger partial charge is 0.252 e. The highest BCUT2D eigenvalue weighted by Gasteiger charge is 2.29. The summed E-state index contributed by atoms with van der Waals surface area (Å²) in [6, 6.07) is 54.0. The third kappa shape index (κ3) is 5.53. The second-order valence-corrected chi connectivity index (χ2v) is 19.6. The zero-order valence-corrected chi connectivity index (χ0v) is 28.3. The standard InChI is InChI=1S/C40H30N2P2S2/c45-43(31-17-5-1-6-18-31,32-19-7-2-8-20-32)39-27-15-13-25-35(39)37-29-42-38(30-41-37)36-26-14-16-28-40(36)44(46,33-21-9-3-10-22-33)34-23-11-4-12-24-34/h1-30H. The van der Waals surface area contributed by atoms with Crippen molar-refractivity contribution in [1.29, 1.82) is 0 Å². The van der Waals surface area contributed by atoms with Crippen molar-refractivity contribution in [2.45, 2.75) is 0 Å². The van der Waals surface area contributed by atoms with Gasteiger partial charge in [0.1, 0.15) is 0 Å². The zero-order valence-electron chi connectivity index (χ0n) is 24.9. The SMILES string of the molecule is S=P(c1ccccc1)(c1ccccc1)c1ccccc1-c1cnc(-c2ccccc2P(=S)(c2ccccc2)c2ccccc2)cn1. The first kappa shape index (κ1) is 30.4. The Balaban J connectivity index is 1.36. The predicted octanol–water partition coefficient (Wildman–Crippen LogP) is 7.32. The number of nitrogens with zero attached hydrogens (tertiary/aromatic N) is 2. The Morgan fingerprint density at radius 2 is 0.587 bits per heavy atom. The molecule has 2 nitrogen and oxygen atoms in total. The fraction of sp³-hybridized carbons (Fsp3) is 0. The second kappa shape index (κ2) is 13.2. The van der Waals surface area contributed by atoms with Crippen LogP contribution in [0.5, 0.6) is 0 Å². The van der Waals surface area contributed by atoms with Gasteiger partial charge in [0.05, 0.1) is 23.8 Å². The van der Waals surface area contributed by atoms with Gasteiger partial charge in [0, 0.05) is 33.8 Å². The molecule has 222 valence electrons. The van der Waals surface area contributed by atoms with Crippen LogP contribution in [0.4, 0.5) is 0 Å². The molecular formula is C40H30N2P2S2. The highest BCUT2D eigenvalue weighted by molar-refractivity contribution is 8.26. The maximum absolute atomic E-state index is 6.70. The van der Waals surface area contributed by atoms with Gasteiger partial charge >= 0.3 is 0 Å². The predicted molar refractivity (Wildman–Crippen MR) is 205 cm³/mol. The van der Waals surface area contributed by atoms with Gasteiger partial charge in [-0.3, -0.25) is 9.97 Å². The number of aromatic nitrogens is 2. The minimum absolute atomic E-state index is 0.795. The van der Waals surface area contributed by atoms with Crippen molar-refractivity contribution < 1.29 is 0 Å². The molecule has 7 aromatic rings. The maximum atomic E-state index is 6.70. The third-order valence-electron chi connectivity index (χ3n) is 8.17. The Morgan fingerprint density at radius 1 is 0.326 bits per heavy atom. The molecule has 0 N–H and O–H groups in total. The monoisotopic (exact) mass is 664 g/mol. The fourth-order valence-electron chi connectivity index (χ4n) is 5.94. The third-order valence-corrected chi connectivity index (χ3v) is 18.1. The molecule has 7 rings (SSSR count). The molecule has 0 amide bonds. The molecule has 6 heteroatoms. The molecule has 0 spiro atoms. The molecule has 1 aromatic heterocycles. The van der Waals surface area contributed by atoms with Crippen LogP contribution in [-0.4, -0.2) is 9.97 Å². The Kier molecular flexibility index (Phi) is 8.71. The van der Waals surface area contributed by atoms with E-state index in [1.165, 1.54) is 0 Å². The summed E-state index contributed by atoms with van der Waals surface area (Å²) >= 11 is 13.4. The lowest BCUT2D eigenvalue weighted by molar-refractivity contribution is 1.21. The first-order valence-electron chi connectivity index (χ1n) is 15.0. The lowest BCUT2D eigenvalue weighted by Gasteiger charge is -2.27. The fourth-order valence-corrected chi connectivity index (χ4v) is 14.1. The van der Waals surface area contributed by atoms with Crippen molar-refractivity contribution in [3.8, 4) is 22.5 Å². The first-order valence-corrected chi connectivity index (χ1v) is 20.6. The summed E-state index contributed by atoms with van der Waals surface area (Å²) in [5.41, 5.74) is 3.60. The van der Waals surface area contributed by atoms with Crippen molar-refractivity contribution in [3.63, 3.8) is 0 Å². The Morgan fingerprint density at radius 3 is 0.870 bits per heavy atom. The van der Waals surface area contributed by atoms with Crippen LogP contribution in [0.3, 0.4) is 0 Å². The van der Waals surface area contributed by atoms with Crippen LogP contribution in [0, 0.1) is 0 Å². The van der Waals surface area contributed by atoms with Gasteiger partial charge in [0.15, 0.2) is 0 Å². The Labute approximate surface area is 280 Å². The van der Waals surface area contributed by atoms with E-state index in [-0.39, 0.29) is 0 Å². The quantitative estimate of drug-likeness (QED) is 0.159. The summed E-state index contributed by atoms with van der Waals surface area (Å²) in [4.78, 5) is 10.1. The van der Waals surface area contributed by atoms with Gasteiger partial charge < -0.3 is 0 Å². The summed E-state index contributed by atoms with van der Waals surface area (Å²) in [6.45, 7) is 0. The van der Waals surface area contributed by atoms with Gasteiger partial charge in [-0.15, -0.1) is 0 Å². The Hall–Kier alpha value is -4.30. The van der Waals surface area contributed by atoms with Gasteiger partial charge in [-0.05, 0) is 21.2 Å². The number of hydrogen-bond donors (Lipinski definition) is 0. The zero-order chi connectivity index (χ0) is 31.4. The highest BCUT2D eigenvalue weighted by atomic mass is 32.4. The molecule has 46 heavy (non-hydrogen) atoms. The van der Waals surface area contributed by atoms with Crippen LogP contribution in [0.2, 0.25) is 0 Å². The van der Waals surface area contributed by atoms with E-state index in [0.29, 0.717) is 0 Å².